The van der Waals surface area contributed by atoms with Gasteiger partial charge >= 0.3 is 6.09 Å². The molecule has 0 bridgehead atoms. The van der Waals surface area contributed by atoms with Gasteiger partial charge in [-0.25, -0.2) is 4.79 Å². The van der Waals surface area contributed by atoms with E-state index in [4.69, 9.17) is 9.47 Å². The average molecular weight is 265 g/mol. The fraction of sp³-hybridized carbons (Fsp3) is 0.500. The number of aliphatic hydroxyl groups is 1. The number of rotatable bonds is 4. The molecule has 0 radical (unpaired) electrons. The summed E-state index contributed by atoms with van der Waals surface area (Å²) in [4.78, 5) is 11.7. The molecule has 1 aromatic rings. The summed E-state index contributed by atoms with van der Waals surface area (Å²) in [6, 6.07) is 9.32. The summed E-state index contributed by atoms with van der Waals surface area (Å²) >= 11 is 0. The molecule has 1 unspecified atom stereocenters. The number of amides is 1. The van der Waals surface area contributed by atoms with E-state index in [1.54, 1.807) is 0 Å². The molecule has 0 saturated carbocycles. The molecule has 1 aliphatic heterocycles. The van der Waals surface area contributed by atoms with Crippen LogP contribution in [0, 0.1) is 5.92 Å². The normalized spacial score (nSPS) is 22.8. The van der Waals surface area contributed by atoms with Crippen molar-refractivity contribution in [3.8, 4) is 0 Å². The molecular weight excluding hydrogens is 246 g/mol. The van der Waals surface area contributed by atoms with Gasteiger partial charge in [0.1, 0.15) is 6.61 Å². The van der Waals surface area contributed by atoms with Gasteiger partial charge in [-0.1, -0.05) is 30.3 Å². The first-order valence-electron chi connectivity index (χ1n) is 6.45. The Morgan fingerprint density at radius 3 is 2.95 bits per heavy atom. The fourth-order valence-corrected chi connectivity index (χ4v) is 2.08. The van der Waals surface area contributed by atoms with E-state index in [-0.39, 0.29) is 25.2 Å². The number of hydrogen-bond acceptors (Lipinski definition) is 4. The summed E-state index contributed by atoms with van der Waals surface area (Å²) in [6.45, 7) is 1.34. The van der Waals surface area contributed by atoms with Gasteiger partial charge in [-0.15, -0.1) is 0 Å². The molecule has 1 heterocycles. The molecule has 1 fully saturated rings. The van der Waals surface area contributed by atoms with Crippen molar-refractivity contribution < 1.29 is 19.4 Å². The van der Waals surface area contributed by atoms with Crippen LogP contribution in [0.3, 0.4) is 0 Å². The van der Waals surface area contributed by atoms with Gasteiger partial charge in [0.2, 0.25) is 0 Å². The number of alkyl carbamates (subject to hydrolysis) is 1. The summed E-state index contributed by atoms with van der Waals surface area (Å²) in [5.74, 6) is 0.0398. The van der Waals surface area contributed by atoms with Crippen molar-refractivity contribution >= 4 is 6.09 Å². The molecule has 1 aliphatic rings. The highest BCUT2D eigenvalue weighted by atomic mass is 16.5. The van der Waals surface area contributed by atoms with Crippen LogP contribution in [0.5, 0.6) is 0 Å². The van der Waals surface area contributed by atoms with E-state index >= 15 is 0 Å². The topological polar surface area (TPSA) is 67.8 Å². The van der Waals surface area contributed by atoms with Crippen LogP contribution in [-0.2, 0) is 16.1 Å². The maximum absolute atomic E-state index is 11.7. The Balaban J connectivity index is 1.77. The molecule has 0 aromatic heterocycles. The van der Waals surface area contributed by atoms with Crippen molar-refractivity contribution in [1.29, 1.82) is 0 Å². The highest BCUT2D eigenvalue weighted by Gasteiger charge is 2.26. The first kappa shape index (κ1) is 13.8. The second-order valence-electron chi connectivity index (χ2n) is 4.62. The van der Waals surface area contributed by atoms with Crippen molar-refractivity contribution in [3.63, 3.8) is 0 Å². The Morgan fingerprint density at radius 2 is 2.21 bits per heavy atom. The summed E-state index contributed by atoms with van der Waals surface area (Å²) in [6.07, 6.45) is 0.276. The molecule has 104 valence electrons. The van der Waals surface area contributed by atoms with Gasteiger partial charge in [-0.3, -0.25) is 0 Å². The lowest BCUT2D eigenvalue weighted by Crippen LogP contribution is -2.47. The molecule has 2 atom stereocenters. The molecule has 2 N–H and O–H groups in total. The van der Waals surface area contributed by atoms with Crippen LogP contribution in [0.1, 0.15) is 12.0 Å². The van der Waals surface area contributed by atoms with Gasteiger partial charge in [0.15, 0.2) is 0 Å². The average Bonchev–Trinajstić information content (AvgIpc) is 2.47. The monoisotopic (exact) mass is 265 g/mol. The zero-order valence-corrected chi connectivity index (χ0v) is 10.7. The van der Waals surface area contributed by atoms with E-state index in [1.807, 2.05) is 30.3 Å². The van der Waals surface area contributed by atoms with Crippen LogP contribution in [0.15, 0.2) is 30.3 Å². The second kappa shape index (κ2) is 7.11. The fourth-order valence-electron chi connectivity index (χ4n) is 2.08. The number of hydrogen-bond donors (Lipinski definition) is 2. The van der Waals surface area contributed by atoms with Gasteiger partial charge in [-0.2, -0.15) is 0 Å². The quantitative estimate of drug-likeness (QED) is 0.861. The Morgan fingerprint density at radius 1 is 1.42 bits per heavy atom. The molecule has 1 saturated heterocycles. The standard InChI is InChI=1S/C14H19NO4/c16-8-12-6-7-18-10-13(12)15-14(17)19-9-11-4-2-1-3-5-11/h1-5,12-13,16H,6-10H2,(H,15,17)/t12?,13-/m0/s1. The summed E-state index contributed by atoms with van der Waals surface area (Å²) in [7, 11) is 0. The van der Waals surface area contributed by atoms with E-state index < -0.39 is 6.09 Å². The van der Waals surface area contributed by atoms with Crippen molar-refractivity contribution in [2.75, 3.05) is 19.8 Å². The minimum atomic E-state index is -0.474. The van der Waals surface area contributed by atoms with Gasteiger partial charge in [-0.05, 0) is 12.0 Å². The molecule has 0 aliphatic carbocycles. The van der Waals surface area contributed by atoms with Crippen LogP contribution >= 0.6 is 0 Å². The van der Waals surface area contributed by atoms with Crippen molar-refractivity contribution in [3.05, 3.63) is 35.9 Å². The van der Waals surface area contributed by atoms with Crippen LogP contribution in [0.25, 0.3) is 0 Å². The third kappa shape index (κ3) is 4.22. The smallest absolute Gasteiger partial charge is 0.407 e. The number of benzene rings is 1. The van der Waals surface area contributed by atoms with Crippen LogP contribution in [0.2, 0.25) is 0 Å². The molecule has 19 heavy (non-hydrogen) atoms. The molecule has 1 amide bonds. The Bertz CT molecular complexity index is 396. The largest absolute Gasteiger partial charge is 0.445 e. The molecule has 5 heteroatoms. The van der Waals surface area contributed by atoms with E-state index in [2.05, 4.69) is 5.32 Å². The van der Waals surface area contributed by atoms with Crippen LogP contribution in [-0.4, -0.2) is 37.1 Å². The Labute approximate surface area is 112 Å². The molecule has 0 spiro atoms. The SMILES string of the molecule is O=C(N[C@H]1COCCC1CO)OCc1ccccc1. The Kier molecular flexibility index (Phi) is 5.18. The lowest BCUT2D eigenvalue weighted by Gasteiger charge is -2.30. The van der Waals surface area contributed by atoms with Gasteiger partial charge in [0, 0.05) is 19.1 Å². The highest BCUT2D eigenvalue weighted by molar-refractivity contribution is 5.67. The van der Waals surface area contributed by atoms with Gasteiger partial charge in [0.25, 0.3) is 0 Å². The van der Waals surface area contributed by atoms with E-state index in [0.29, 0.717) is 13.2 Å². The third-order valence-electron chi connectivity index (χ3n) is 3.25. The highest BCUT2D eigenvalue weighted by Crippen LogP contribution is 2.15. The number of aliphatic hydroxyl groups excluding tert-OH is 1. The van der Waals surface area contributed by atoms with Crippen molar-refractivity contribution in [2.24, 2.45) is 5.92 Å². The van der Waals surface area contributed by atoms with Gasteiger partial charge < -0.3 is 19.9 Å². The maximum atomic E-state index is 11.7. The molecule has 2 rings (SSSR count). The predicted molar refractivity (Wildman–Crippen MR) is 69.6 cm³/mol. The van der Waals surface area contributed by atoms with Crippen LogP contribution in [0.4, 0.5) is 4.79 Å². The zero-order valence-electron chi connectivity index (χ0n) is 10.7. The minimum Gasteiger partial charge on any atom is -0.445 e. The molecule has 5 nitrogen and oxygen atoms in total. The minimum absolute atomic E-state index is 0.0398. The summed E-state index contributed by atoms with van der Waals surface area (Å²) in [5.41, 5.74) is 0.941. The number of ether oxygens (including phenoxy) is 2. The number of carbonyl (C=O) groups is 1. The van der Waals surface area contributed by atoms with E-state index in [0.717, 1.165) is 12.0 Å². The molecular formula is C14H19NO4. The number of carbonyl (C=O) groups excluding carboxylic acids is 1. The van der Waals surface area contributed by atoms with E-state index in [9.17, 15) is 9.90 Å². The lowest BCUT2D eigenvalue weighted by molar-refractivity contribution is 0.0144. The lowest BCUT2D eigenvalue weighted by atomic mass is 9.96. The third-order valence-corrected chi connectivity index (χ3v) is 3.25. The van der Waals surface area contributed by atoms with Gasteiger partial charge in [0.05, 0.1) is 12.6 Å². The number of nitrogens with one attached hydrogen (secondary N) is 1. The zero-order chi connectivity index (χ0) is 13.5. The first-order valence-corrected chi connectivity index (χ1v) is 6.45. The summed E-state index contributed by atoms with van der Waals surface area (Å²) in [5, 5.41) is 12.0. The van der Waals surface area contributed by atoms with Crippen molar-refractivity contribution in [1.82, 2.24) is 5.32 Å². The maximum Gasteiger partial charge on any atom is 0.407 e. The second-order valence-corrected chi connectivity index (χ2v) is 4.62. The van der Waals surface area contributed by atoms with Crippen LogP contribution < -0.4 is 5.32 Å². The Hall–Kier alpha value is -1.59. The first-order chi connectivity index (χ1) is 9.29. The van der Waals surface area contributed by atoms with E-state index in [1.165, 1.54) is 0 Å². The predicted octanol–water partition coefficient (Wildman–Crippen LogP) is 1.31. The molecule has 1 aromatic carbocycles. The van der Waals surface area contributed by atoms with Crippen molar-refractivity contribution in [2.45, 2.75) is 19.1 Å². The summed E-state index contributed by atoms with van der Waals surface area (Å²) < 4.78 is 10.4.